The van der Waals surface area contributed by atoms with Gasteiger partial charge in [0.1, 0.15) is 5.69 Å². The predicted molar refractivity (Wildman–Crippen MR) is 131 cm³/mol. The van der Waals surface area contributed by atoms with Gasteiger partial charge in [0.2, 0.25) is 0 Å². The Bertz CT molecular complexity index is 1350. The summed E-state index contributed by atoms with van der Waals surface area (Å²) in [4.78, 5) is 55.7. The number of amides is 3. The topological polar surface area (TPSA) is 113 Å². The summed E-state index contributed by atoms with van der Waals surface area (Å²) < 4.78 is 1.73. The summed E-state index contributed by atoms with van der Waals surface area (Å²) >= 11 is 0. The second-order valence-corrected chi connectivity index (χ2v) is 9.04. The first-order valence-electron chi connectivity index (χ1n) is 11.5. The zero-order chi connectivity index (χ0) is 24.5. The predicted octanol–water partition coefficient (Wildman–Crippen LogP) is 3.35. The highest BCUT2D eigenvalue weighted by Crippen LogP contribution is 2.35. The molecule has 0 spiro atoms. The fraction of sp³-hybridized carbons (Fsp3) is 0.269. The molecule has 2 N–H and O–H groups in total. The second kappa shape index (κ2) is 9.17. The van der Waals surface area contributed by atoms with Crippen molar-refractivity contribution >= 4 is 29.1 Å². The smallest absolute Gasteiger partial charge is 0.321 e. The molecular weight excluding hydrogens is 446 g/mol. The highest BCUT2D eigenvalue weighted by Gasteiger charge is 2.36. The van der Waals surface area contributed by atoms with Gasteiger partial charge in [-0.05, 0) is 67.8 Å². The summed E-state index contributed by atoms with van der Waals surface area (Å²) in [6.45, 7) is 3.02. The lowest BCUT2D eigenvalue weighted by atomic mass is 9.83. The van der Waals surface area contributed by atoms with Gasteiger partial charge in [0, 0.05) is 60.5 Å². The number of urea groups is 1. The number of hydrogen-bond acceptors (Lipinski definition) is 5. The van der Waals surface area contributed by atoms with Gasteiger partial charge in [0.15, 0.2) is 5.78 Å². The first-order valence-corrected chi connectivity index (χ1v) is 11.5. The number of nitrogens with one attached hydrogen (secondary N) is 2. The number of anilines is 2. The van der Waals surface area contributed by atoms with Crippen molar-refractivity contribution in [2.75, 3.05) is 23.7 Å². The molecule has 5 rings (SSSR count). The molecule has 178 valence electrons. The highest BCUT2D eigenvalue weighted by atomic mass is 16.2. The van der Waals surface area contributed by atoms with Gasteiger partial charge >= 0.3 is 6.03 Å². The summed E-state index contributed by atoms with van der Waals surface area (Å²) in [5.41, 5.74) is 2.52. The number of nitrogens with zero attached hydrogens (tertiary/aromatic N) is 3. The minimum atomic E-state index is -0.361. The molecule has 4 heterocycles. The molecule has 1 saturated heterocycles. The molecule has 9 heteroatoms. The van der Waals surface area contributed by atoms with E-state index in [2.05, 4.69) is 15.6 Å². The van der Waals surface area contributed by atoms with Crippen molar-refractivity contribution in [2.45, 2.75) is 25.8 Å². The number of hydrogen-bond donors (Lipinski definition) is 2. The molecule has 0 radical (unpaired) electrons. The number of fused-ring (bicyclic) bond motifs is 4. The number of Topliss-reactive ketones (excluding diaryl/α,β-unsaturated/α-hetero) is 1. The largest absolute Gasteiger partial charge is 0.324 e. The van der Waals surface area contributed by atoms with E-state index in [1.807, 2.05) is 6.07 Å². The maximum atomic E-state index is 13.2. The summed E-state index contributed by atoms with van der Waals surface area (Å²) in [5.74, 6) is -0.220. The van der Waals surface area contributed by atoms with Crippen LogP contribution in [0.25, 0.3) is 0 Å². The zero-order valence-electron chi connectivity index (χ0n) is 19.2. The van der Waals surface area contributed by atoms with Crippen LogP contribution >= 0.6 is 0 Å². The van der Waals surface area contributed by atoms with Crippen molar-refractivity contribution in [1.82, 2.24) is 14.5 Å². The normalized spacial score (nSPS) is 18.4. The van der Waals surface area contributed by atoms with Crippen molar-refractivity contribution in [3.8, 4) is 0 Å². The Kier molecular flexibility index (Phi) is 5.90. The minimum Gasteiger partial charge on any atom is -0.324 e. The number of benzene rings is 1. The minimum absolute atomic E-state index is 0.0271. The average molecular weight is 472 g/mol. The van der Waals surface area contributed by atoms with Gasteiger partial charge in [-0.2, -0.15) is 0 Å². The SMILES string of the molecule is CC(=O)c1ccc(NC(=O)N2C[C@@H]3C[C@H](C2)c2ccc(NC(=O)c4ccncc4)c(=O)n2C3)cc1. The van der Waals surface area contributed by atoms with Crippen LogP contribution in [0.1, 0.15) is 45.7 Å². The van der Waals surface area contributed by atoms with Gasteiger partial charge in [-0.3, -0.25) is 19.4 Å². The van der Waals surface area contributed by atoms with Gasteiger partial charge in [-0.1, -0.05) is 0 Å². The monoisotopic (exact) mass is 471 g/mol. The van der Waals surface area contributed by atoms with Gasteiger partial charge < -0.3 is 20.1 Å². The average Bonchev–Trinajstić information content (AvgIpc) is 2.86. The van der Waals surface area contributed by atoms with Crippen LogP contribution in [0.4, 0.5) is 16.2 Å². The van der Waals surface area contributed by atoms with Crippen molar-refractivity contribution in [1.29, 1.82) is 0 Å². The van der Waals surface area contributed by atoms with Gasteiger partial charge in [-0.25, -0.2) is 4.79 Å². The zero-order valence-corrected chi connectivity index (χ0v) is 19.2. The van der Waals surface area contributed by atoms with E-state index in [0.717, 1.165) is 12.1 Å². The van der Waals surface area contributed by atoms with E-state index in [4.69, 9.17) is 0 Å². The summed E-state index contributed by atoms with van der Waals surface area (Å²) in [7, 11) is 0. The van der Waals surface area contributed by atoms with Crippen molar-refractivity contribution in [3.05, 3.63) is 88.1 Å². The van der Waals surface area contributed by atoms with Gasteiger partial charge in [0.25, 0.3) is 11.5 Å². The van der Waals surface area contributed by atoms with E-state index in [1.165, 1.54) is 19.3 Å². The number of carbonyl (C=O) groups excluding carboxylic acids is 3. The van der Waals surface area contributed by atoms with E-state index in [-0.39, 0.29) is 40.8 Å². The number of pyridine rings is 2. The molecule has 1 fully saturated rings. The molecule has 2 atom stereocenters. The number of aromatic nitrogens is 2. The standard InChI is InChI=1S/C26H25N5O4/c1-16(32)18-2-4-21(5-3-18)28-26(35)30-13-17-12-20(15-30)23-7-6-22(25(34)31(23)14-17)29-24(33)19-8-10-27-11-9-19/h2-11,17,20H,12-15H2,1H3,(H,28,35)(H,29,33)/t17-,20+/m0/s1. The summed E-state index contributed by atoms with van der Waals surface area (Å²) in [6, 6.07) is 13.3. The van der Waals surface area contributed by atoms with Crippen LogP contribution in [-0.4, -0.2) is 45.3 Å². The van der Waals surface area contributed by atoms with Crippen LogP contribution in [0.5, 0.6) is 0 Å². The van der Waals surface area contributed by atoms with Crippen LogP contribution in [0.15, 0.2) is 65.7 Å². The number of rotatable bonds is 4. The molecule has 35 heavy (non-hydrogen) atoms. The van der Waals surface area contributed by atoms with Crippen LogP contribution in [-0.2, 0) is 6.54 Å². The highest BCUT2D eigenvalue weighted by molar-refractivity contribution is 6.04. The van der Waals surface area contributed by atoms with Gasteiger partial charge in [0.05, 0.1) is 0 Å². The molecule has 0 saturated carbocycles. The molecule has 3 aromatic rings. The van der Waals surface area contributed by atoms with E-state index in [9.17, 15) is 19.2 Å². The van der Waals surface area contributed by atoms with Crippen molar-refractivity contribution in [3.63, 3.8) is 0 Å². The summed E-state index contributed by atoms with van der Waals surface area (Å²) in [5, 5.41) is 5.62. The third-order valence-electron chi connectivity index (χ3n) is 6.62. The summed E-state index contributed by atoms with van der Waals surface area (Å²) in [6.07, 6.45) is 3.96. The molecule has 0 aliphatic carbocycles. The van der Waals surface area contributed by atoms with Crippen molar-refractivity contribution < 1.29 is 14.4 Å². The molecule has 2 aliphatic rings. The van der Waals surface area contributed by atoms with E-state index < -0.39 is 0 Å². The van der Waals surface area contributed by atoms with Crippen LogP contribution < -0.4 is 16.2 Å². The lowest BCUT2D eigenvalue weighted by molar-refractivity contribution is 0.101. The van der Waals surface area contributed by atoms with Crippen LogP contribution in [0.3, 0.4) is 0 Å². The number of likely N-dealkylation sites (tertiary alicyclic amines) is 1. The number of piperidine rings is 1. The Hall–Kier alpha value is -4.27. The fourth-order valence-electron chi connectivity index (χ4n) is 4.90. The Morgan fingerprint density at radius 1 is 0.886 bits per heavy atom. The lowest BCUT2D eigenvalue weighted by Crippen LogP contribution is -2.50. The Morgan fingerprint density at radius 2 is 1.63 bits per heavy atom. The van der Waals surface area contributed by atoms with E-state index >= 15 is 0 Å². The van der Waals surface area contributed by atoms with Crippen LogP contribution in [0, 0.1) is 5.92 Å². The molecule has 1 aromatic carbocycles. The van der Waals surface area contributed by atoms with Gasteiger partial charge in [-0.15, -0.1) is 0 Å². The molecular formula is C26H25N5O4. The molecule has 3 amide bonds. The Labute approximate surface area is 201 Å². The van der Waals surface area contributed by atoms with Crippen molar-refractivity contribution in [2.24, 2.45) is 5.92 Å². The molecule has 9 nitrogen and oxygen atoms in total. The van der Waals surface area contributed by atoms with Crippen LogP contribution in [0.2, 0.25) is 0 Å². The maximum Gasteiger partial charge on any atom is 0.321 e. The lowest BCUT2D eigenvalue weighted by Gasteiger charge is -2.42. The van der Waals surface area contributed by atoms with E-state index in [1.54, 1.807) is 51.9 Å². The second-order valence-electron chi connectivity index (χ2n) is 9.04. The molecule has 0 unspecified atom stereocenters. The quantitative estimate of drug-likeness (QED) is 0.567. The van der Waals surface area contributed by atoms with E-state index in [0.29, 0.717) is 36.4 Å². The number of ketones is 1. The molecule has 2 bridgehead atoms. The Morgan fingerprint density at radius 3 is 2.34 bits per heavy atom. The third-order valence-corrected chi connectivity index (χ3v) is 6.62. The Balaban J connectivity index is 1.30. The molecule has 2 aliphatic heterocycles. The maximum absolute atomic E-state index is 13.2. The third kappa shape index (κ3) is 4.57. The first kappa shape index (κ1) is 22.5. The number of carbonyl (C=O) groups is 3. The molecule has 2 aromatic heterocycles. The fourth-order valence-corrected chi connectivity index (χ4v) is 4.90. The first-order chi connectivity index (χ1) is 16.9.